The van der Waals surface area contributed by atoms with Crippen molar-refractivity contribution in [3.8, 4) is 0 Å². The van der Waals surface area contributed by atoms with Crippen LogP contribution < -0.4 is 0 Å². The summed E-state index contributed by atoms with van der Waals surface area (Å²) in [6.07, 6.45) is 3.54. The van der Waals surface area contributed by atoms with E-state index in [1.807, 2.05) is 24.0 Å². The molecule has 2 N–H and O–H groups in total. The van der Waals surface area contributed by atoms with Crippen molar-refractivity contribution >= 4 is 16.8 Å². The quantitative estimate of drug-likeness (QED) is 0.761. The van der Waals surface area contributed by atoms with Crippen molar-refractivity contribution in [3.05, 3.63) is 47.2 Å². The molecule has 1 aliphatic heterocycles. The highest BCUT2D eigenvalue weighted by atomic mass is 16.2. The summed E-state index contributed by atoms with van der Waals surface area (Å²) < 4.78 is 0. The van der Waals surface area contributed by atoms with E-state index in [2.05, 4.69) is 33.2 Å². The minimum atomic E-state index is 0.0889. The van der Waals surface area contributed by atoms with Gasteiger partial charge in [0, 0.05) is 30.1 Å². The molecule has 3 heterocycles. The Morgan fingerprint density at radius 2 is 2.21 bits per heavy atom. The maximum Gasteiger partial charge on any atom is 0.256 e. The van der Waals surface area contributed by atoms with Crippen molar-refractivity contribution in [1.82, 2.24) is 25.1 Å². The number of fused-ring (bicyclic) bond motifs is 1. The zero-order valence-electron chi connectivity index (χ0n) is 14.0. The average molecular weight is 323 g/mol. The van der Waals surface area contributed by atoms with Crippen molar-refractivity contribution in [3.63, 3.8) is 0 Å². The van der Waals surface area contributed by atoms with E-state index >= 15 is 0 Å². The third-order valence-electron chi connectivity index (χ3n) is 5.10. The maximum atomic E-state index is 13.1. The summed E-state index contributed by atoms with van der Waals surface area (Å²) in [7, 11) is 0. The van der Waals surface area contributed by atoms with Crippen molar-refractivity contribution < 1.29 is 4.79 Å². The standard InChI is InChI=1S/C18H21N5O/c1-11-12(2)21-16-14(11)6-3-7-15(16)18(24)23-8-4-5-13(9-23)17-19-10-20-22-17/h3,6-7,10,13,21H,4-5,8-9H2,1-2H3,(H,19,20,22). The summed E-state index contributed by atoms with van der Waals surface area (Å²) in [5, 5.41) is 8.00. The van der Waals surface area contributed by atoms with Crippen molar-refractivity contribution in [2.45, 2.75) is 32.6 Å². The van der Waals surface area contributed by atoms with Crippen LogP contribution in [0.3, 0.4) is 0 Å². The molecule has 0 saturated carbocycles. The predicted octanol–water partition coefficient (Wildman–Crippen LogP) is 2.92. The monoisotopic (exact) mass is 323 g/mol. The van der Waals surface area contributed by atoms with Crippen LogP contribution in [0, 0.1) is 13.8 Å². The van der Waals surface area contributed by atoms with E-state index in [0.29, 0.717) is 6.54 Å². The second kappa shape index (κ2) is 5.78. The second-order valence-corrected chi connectivity index (χ2v) is 6.56. The molecule has 1 unspecified atom stereocenters. The number of benzene rings is 1. The number of aromatic nitrogens is 4. The van der Waals surface area contributed by atoms with Gasteiger partial charge in [-0.1, -0.05) is 12.1 Å². The van der Waals surface area contributed by atoms with E-state index in [9.17, 15) is 4.79 Å². The van der Waals surface area contributed by atoms with E-state index in [1.165, 1.54) is 11.9 Å². The number of H-pyrrole nitrogens is 2. The van der Waals surface area contributed by atoms with Crippen LogP contribution in [0.1, 0.15) is 46.2 Å². The third-order valence-corrected chi connectivity index (χ3v) is 5.10. The fourth-order valence-electron chi connectivity index (χ4n) is 3.63. The lowest BCUT2D eigenvalue weighted by molar-refractivity contribution is 0.0706. The Morgan fingerprint density at radius 1 is 1.33 bits per heavy atom. The third kappa shape index (κ3) is 2.38. The number of nitrogens with zero attached hydrogens (tertiary/aromatic N) is 3. The van der Waals surface area contributed by atoms with Crippen LogP contribution >= 0.6 is 0 Å². The van der Waals surface area contributed by atoms with Gasteiger partial charge in [0.2, 0.25) is 0 Å². The molecular weight excluding hydrogens is 302 g/mol. The number of hydrogen-bond donors (Lipinski definition) is 2. The first-order valence-corrected chi connectivity index (χ1v) is 8.37. The van der Waals surface area contributed by atoms with Gasteiger partial charge in [-0.3, -0.25) is 9.89 Å². The van der Waals surface area contributed by atoms with Crippen molar-refractivity contribution in [2.75, 3.05) is 13.1 Å². The van der Waals surface area contributed by atoms with Gasteiger partial charge in [0.25, 0.3) is 5.91 Å². The largest absolute Gasteiger partial charge is 0.358 e. The Morgan fingerprint density at radius 3 is 3.00 bits per heavy atom. The Labute approximate surface area is 140 Å². The summed E-state index contributed by atoms with van der Waals surface area (Å²) in [5.41, 5.74) is 4.02. The number of para-hydroxylation sites is 1. The number of piperidine rings is 1. The van der Waals surface area contributed by atoms with Crippen molar-refractivity contribution in [1.29, 1.82) is 0 Å². The van der Waals surface area contributed by atoms with Gasteiger partial charge in [-0.25, -0.2) is 4.98 Å². The van der Waals surface area contributed by atoms with Gasteiger partial charge in [0.1, 0.15) is 12.2 Å². The molecule has 2 aromatic heterocycles. The first-order chi connectivity index (χ1) is 11.6. The smallest absolute Gasteiger partial charge is 0.256 e. The molecule has 1 atom stereocenters. The minimum absolute atomic E-state index is 0.0889. The van der Waals surface area contributed by atoms with Crippen LogP contribution in [0.4, 0.5) is 0 Å². The number of carbonyl (C=O) groups is 1. The summed E-state index contributed by atoms with van der Waals surface area (Å²) in [4.78, 5) is 22.7. The Balaban J connectivity index is 1.65. The molecule has 6 nitrogen and oxygen atoms in total. The number of aryl methyl sites for hydroxylation is 2. The highest BCUT2D eigenvalue weighted by molar-refractivity contribution is 6.06. The predicted molar refractivity (Wildman–Crippen MR) is 92.0 cm³/mol. The second-order valence-electron chi connectivity index (χ2n) is 6.56. The number of amides is 1. The first-order valence-electron chi connectivity index (χ1n) is 8.37. The number of hydrogen-bond acceptors (Lipinski definition) is 3. The van der Waals surface area contributed by atoms with Gasteiger partial charge in [-0.15, -0.1) is 0 Å². The van der Waals surface area contributed by atoms with Crippen molar-refractivity contribution in [2.24, 2.45) is 0 Å². The average Bonchev–Trinajstić information content (AvgIpc) is 3.24. The van der Waals surface area contributed by atoms with Crippen LogP contribution in [0.25, 0.3) is 10.9 Å². The van der Waals surface area contributed by atoms with Gasteiger partial charge >= 0.3 is 0 Å². The highest BCUT2D eigenvalue weighted by Crippen LogP contribution is 2.28. The van der Waals surface area contributed by atoms with Gasteiger partial charge in [-0.2, -0.15) is 5.10 Å². The van der Waals surface area contributed by atoms with Crippen LogP contribution in [0.15, 0.2) is 24.5 Å². The lowest BCUT2D eigenvalue weighted by atomic mass is 9.96. The van der Waals surface area contributed by atoms with E-state index in [0.717, 1.165) is 47.4 Å². The number of rotatable bonds is 2. The fraction of sp³-hybridized carbons (Fsp3) is 0.389. The SMILES string of the molecule is Cc1[nH]c2c(C(=O)N3CCCC(c4ncn[nH]4)C3)cccc2c1C. The molecule has 1 saturated heterocycles. The fourth-order valence-corrected chi connectivity index (χ4v) is 3.63. The van der Waals surface area contributed by atoms with E-state index < -0.39 is 0 Å². The zero-order chi connectivity index (χ0) is 16.7. The van der Waals surface area contributed by atoms with E-state index in [-0.39, 0.29) is 11.8 Å². The molecular formula is C18H21N5O. The molecule has 1 amide bonds. The molecule has 6 heteroatoms. The minimum Gasteiger partial charge on any atom is -0.358 e. The molecule has 1 aromatic carbocycles. The topological polar surface area (TPSA) is 77.7 Å². The van der Waals surface area contributed by atoms with E-state index in [1.54, 1.807) is 0 Å². The molecule has 0 spiro atoms. The van der Waals surface area contributed by atoms with Crippen LogP contribution in [-0.4, -0.2) is 44.1 Å². The zero-order valence-corrected chi connectivity index (χ0v) is 14.0. The lowest BCUT2D eigenvalue weighted by Crippen LogP contribution is -2.39. The summed E-state index contributed by atoms with van der Waals surface area (Å²) in [6.45, 7) is 5.61. The Hall–Kier alpha value is -2.63. The van der Waals surface area contributed by atoms with Crippen LogP contribution in [-0.2, 0) is 0 Å². The molecule has 0 radical (unpaired) electrons. The first kappa shape index (κ1) is 14.9. The molecule has 0 aliphatic carbocycles. The normalized spacial score (nSPS) is 18.2. The van der Waals surface area contributed by atoms with Crippen LogP contribution in [0.5, 0.6) is 0 Å². The van der Waals surface area contributed by atoms with Gasteiger partial charge in [0.05, 0.1) is 11.1 Å². The number of carbonyl (C=O) groups excluding carboxylic acids is 1. The molecule has 3 aromatic rings. The molecule has 1 fully saturated rings. The Bertz CT molecular complexity index is 880. The summed E-state index contributed by atoms with van der Waals surface area (Å²) in [5.74, 6) is 1.19. The lowest BCUT2D eigenvalue weighted by Gasteiger charge is -2.31. The van der Waals surface area contributed by atoms with E-state index in [4.69, 9.17) is 0 Å². The Kier molecular flexibility index (Phi) is 3.59. The van der Waals surface area contributed by atoms with Gasteiger partial charge in [-0.05, 0) is 38.3 Å². The molecule has 1 aliphatic rings. The number of likely N-dealkylation sites (tertiary alicyclic amines) is 1. The van der Waals surface area contributed by atoms with Crippen LogP contribution in [0.2, 0.25) is 0 Å². The van der Waals surface area contributed by atoms with Gasteiger partial charge < -0.3 is 9.88 Å². The molecule has 24 heavy (non-hydrogen) atoms. The molecule has 124 valence electrons. The molecule has 4 rings (SSSR count). The highest BCUT2D eigenvalue weighted by Gasteiger charge is 2.28. The van der Waals surface area contributed by atoms with Gasteiger partial charge in [0.15, 0.2) is 0 Å². The maximum absolute atomic E-state index is 13.1. The summed E-state index contributed by atoms with van der Waals surface area (Å²) >= 11 is 0. The summed E-state index contributed by atoms with van der Waals surface area (Å²) in [6, 6.07) is 5.95. The number of aromatic amines is 2. The number of nitrogens with one attached hydrogen (secondary N) is 2. The molecule has 0 bridgehead atoms.